The molecule has 0 unspecified atom stereocenters. The van der Waals surface area contributed by atoms with Gasteiger partial charge in [0.2, 0.25) is 0 Å². The number of hydrogen-bond donors (Lipinski definition) is 0. The molecule has 0 amide bonds. The molecule has 0 bridgehead atoms. The van der Waals surface area contributed by atoms with Crippen molar-refractivity contribution in [2.45, 2.75) is 32.6 Å². The fourth-order valence-corrected chi connectivity index (χ4v) is 3.20. The Bertz CT molecular complexity index is 701. The van der Waals surface area contributed by atoms with Crippen molar-refractivity contribution >= 4 is 17.6 Å². The highest BCUT2D eigenvalue weighted by atomic mass is 14.9. The summed E-state index contributed by atoms with van der Waals surface area (Å²) in [4.78, 5) is 0. The first kappa shape index (κ1) is 16.5. The molecule has 0 spiro atoms. The van der Waals surface area contributed by atoms with Gasteiger partial charge in [-0.3, -0.25) is 0 Å². The third kappa shape index (κ3) is 4.35. The van der Waals surface area contributed by atoms with Crippen LogP contribution >= 0.6 is 0 Å². The number of unbranched alkanes of at least 4 members (excludes halogenated alkanes) is 1. The van der Waals surface area contributed by atoms with Crippen LogP contribution in [0.15, 0.2) is 85.2 Å². The van der Waals surface area contributed by atoms with Gasteiger partial charge in [0.15, 0.2) is 12.4 Å². The molecular weight excluding hydrogens is 289 g/mol. The minimum absolute atomic E-state index is 0.374. The molecule has 0 saturated heterocycles. The van der Waals surface area contributed by atoms with Crippen LogP contribution in [0, 0.1) is 0 Å². The molecule has 3 aromatic rings. The first-order valence-corrected chi connectivity index (χ1v) is 8.94. The molecule has 0 N–H and O–H groups in total. The molecule has 2 heteroatoms. The highest BCUT2D eigenvalue weighted by Gasteiger charge is 2.24. The number of benzene rings is 2. The van der Waals surface area contributed by atoms with Gasteiger partial charge >= 0.3 is 0 Å². The van der Waals surface area contributed by atoms with Gasteiger partial charge in [0.25, 0.3) is 6.71 Å². The van der Waals surface area contributed by atoms with Gasteiger partial charge < -0.3 is 0 Å². The Balaban J connectivity index is 1.87. The summed E-state index contributed by atoms with van der Waals surface area (Å²) in [7, 11) is 0. The van der Waals surface area contributed by atoms with Crippen LogP contribution in [0.3, 0.4) is 0 Å². The number of pyridine rings is 1. The maximum absolute atomic E-state index is 2.34. The van der Waals surface area contributed by atoms with E-state index in [1.54, 1.807) is 0 Å². The fraction of sp³-hybridized carbons (Fsp3) is 0.227. The van der Waals surface area contributed by atoms with Crippen LogP contribution in [0.25, 0.3) is 0 Å². The topological polar surface area (TPSA) is 3.88 Å². The molecular formula is C22H25BN+. The lowest BCUT2D eigenvalue weighted by Crippen LogP contribution is -2.54. The molecule has 1 nitrogen and oxygen atoms in total. The fourth-order valence-electron chi connectivity index (χ4n) is 3.20. The van der Waals surface area contributed by atoms with E-state index in [0.717, 1.165) is 6.44 Å². The molecule has 0 fully saturated rings. The number of nitrogens with zero attached hydrogens (tertiary/aromatic N) is 1. The van der Waals surface area contributed by atoms with Gasteiger partial charge in [0, 0.05) is 11.6 Å². The molecule has 2 aromatic carbocycles. The van der Waals surface area contributed by atoms with Gasteiger partial charge in [-0.25, -0.2) is 4.57 Å². The van der Waals surface area contributed by atoms with Crippen molar-refractivity contribution in [2.24, 2.45) is 0 Å². The number of aromatic nitrogens is 1. The Hall–Kier alpha value is -2.35. The highest BCUT2D eigenvalue weighted by molar-refractivity contribution is 6.83. The molecule has 0 atom stereocenters. The summed E-state index contributed by atoms with van der Waals surface area (Å²) >= 11 is 0. The molecule has 0 aliphatic carbocycles. The Morgan fingerprint density at radius 2 is 1.42 bits per heavy atom. The van der Waals surface area contributed by atoms with Crippen LogP contribution in [0.5, 0.6) is 0 Å². The summed E-state index contributed by atoms with van der Waals surface area (Å²) in [6.45, 7) is 2.62. The maximum Gasteiger partial charge on any atom is 0.288 e. The molecule has 0 radical (unpaired) electrons. The lowest BCUT2D eigenvalue weighted by molar-refractivity contribution is -0.680. The lowest BCUT2D eigenvalue weighted by atomic mass is 9.40. The first-order chi connectivity index (χ1) is 11.9. The predicted molar refractivity (Wildman–Crippen MR) is 103 cm³/mol. The van der Waals surface area contributed by atoms with E-state index in [0.29, 0.717) is 6.71 Å². The van der Waals surface area contributed by atoms with Crippen LogP contribution in [0.1, 0.15) is 25.3 Å². The standard InChI is InChI=1S/C22H25BN/c1-2-3-11-20-12-10-17-24(18-20)19-23(21-13-6-4-7-14-21)22-15-8-5-9-16-22/h4-10,12-18H,2-3,11,19H2,1H3/q+1. The normalized spacial score (nSPS) is 10.5. The van der Waals surface area contributed by atoms with Crippen molar-refractivity contribution < 1.29 is 4.57 Å². The highest BCUT2D eigenvalue weighted by Crippen LogP contribution is 2.02. The average Bonchev–Trinajstić information content (AvgIpc) is 2.66. The largest absolute Gasteiger partial charge is 0.288 e. The van der Waals surface area contributed by atoms with E-state index in [1.165, 1.54) is 35.8 Å². The number of rotatable bonds is 7. The third-order valence-corrected chi connectivity index (χ3v) is 4.54. The second kappa shape index (κ2) is 8.49. The first-order valence-electron chi connectivity index (χ1n) is 8.94. The SMILES string of the molecule is CCCCc1ccc[n+](CB(c2ccccc2)c2ccccc2)c1. The summed E-state index contributed by atoms with van der Waals surface area (Å²) in [6, 6.07) is 26.1. The third-order valence-electron chi connectivity index (χ3n) is 4.54. The zero-order chi connectivity index (χ0) is 16.6. The van der Waals surface area contributed by atoms with Crippen LogP contribution < -0.4 is 15.5 Å². The molecule has 1 heterocycles. The van der Waals surface area contributed by atoms with Gasteiger partial charge in [-0.15, -0.1) is 0 Å². The summed E-state index contributed by atoms with van der Waals surface area (Å²) < 4.78 is 2.34. The van der Waals surface area contributed by atoms with Crippen molar-refractivity contribution in [1.82, 2.24) is 0 Å². The molecule has 120 valence electrons. The van der Waals surface area contributed by atoms with Crippen LogP contribution in [-0.4, -0.2) is 6.71 Å². The van der Waals surface area contributed by atoms with Gasteiger partial charge in [-0.2, -0.15) is 0 Å². The van der Waals surface area contributed by atoms with E-state index in [-0.39, 0.29) is 0 Å². The minimum Gasteiger partial charge on any atom is -0.212 e. The second-order valence-corrected chi connectivity index (χ2v) is 6.39. The van der Waals surface area contributed by atoms with E-state index < -0.39 is 0 Å². The smallest absolute Gasteiger partial charge is 0.212 e. The number of aryl methyl sites for hydroxylation is 1. The van der Waals surface area contributed by atoms with E-state index in [1.807, 2.05) is 0 Å². The van der Waals surface area contributed by atoms with Crippen molar-refractivity contribution in [3.05, 3.63) is 90.8 Å². The number of hydrogen-bond acceptors (Lipinski definition) is 0. The Morgan fingerprint density at radius 1 is 0.792 bits per heavy atom. The molecule has 24 heavy (non-hydrogen) atoms. The van der Waals surface area contributed by atoms with Crippen LogP contribution in [0.4, 0.5) is 0 Å². The van der Waals surface area contributed by atoms with Crippen LogP contribution in [0.2, 0.25) is 0 Å². The molecule has 0 saturated carbocycles. The Kier molecular flexibility index (Phi) is 5.84. The van der Waals surface area contributed by atoms with Crippen molar-refractivity contribution in [3.63, 3.8) is 0 Å². The quantitative estimate of drug-likeness (QED) is 0.466. The summed E-state index contributed by atoms with van der Waals surface area (Å²) in [5.74, 6) is 0. The van der Waals surface area contributed by atoms with E-state index >= 15 is 0 Å². The molecule has 0 aliphatic heterocycles. The zero-order valence-electron chi connectivity index (χ0n) is 14.4. The van der Waals surface area contributed by atoms with Crippen molar-refractivity contribution in [3.8, 4) is 0 Å². The Labute approximate surface area is 146 Å². The second-order valence-electron chi connectivity index (χ2n) is 6.39. The molecule has 0 aliphatic rings. The monoisotopic (exact) mass is 314 g/mol. The van der Waals surface area contributed by atoms with Crippen LogP contribution in [-0.2, 0) is 12.9 Å². The molecule has 3 rings (SSSR count). The molecule has 1 aromatic heterocycles. The van der Waals surface area contributed by atoms with Crippen molar-refractivity contribution in [2.75, 3.05) is 0 Å². The minimum atomic E-state index is 0.374. The van der Waals surface area contributed by atoms with Gasteiger partial charge in [0.1, 0.15) is 6.44 Å². The van der Waals surface area contributed by atoms with E-state index in [9.17, 15) is 0 Å². The maximum atomic E-state index is 2.34. The van der Waals surface area contributed by atoms with Gasteiger partial charge in [0.05, 0.1) is 0 Å². The van der Waals surface area contributed by atoms with Crippen molar-refractivity contribution in [1.29, 1.82) is 0 Å². The van der Waals surface area contributed by atoms with Gasteiger partial charge in [-0.1, -0.05) is 84.9 Å². The summed E-state index contributed by atoms with van der Waals surface area (Å²) in [5, 5.41) is 0. The Morgan fingerprint density at radius 3 is 2.00 bits per heavy atom. The predicted octanol–water partition coefficient (Wildman–Crippen LogP) is 3.17. The summed E-state index contributed by atoms with van der Waals surface area (Å²) in [6.07, 6.45) is 9.13. The van der Waals surface area contributed by atoms with Gasteiger partial charge in [-0.05, 0) is 18.9 Å². The van der Waals surface area contributed by atoms with E-state index in [4.69, 9.17) is 0 Å². The lowest BCUT2D eigenvalue weighted by Gasteiger charge is -2.12. The zero-order valence-corrected chi connectivity index (χ0v) is 14.4. The summed E-state index contributed by atoms with van der Waals surface area (Å²) in [5.41, 5.74) is 4.17. The average molecular weight is 314 g/mol. The van der Waals surface area contributed by atoms with E-state index in [2.05, 4.69) is 96.7 Å².